The molecule has 3 fully saturated rings. The molecule has 1 saturated carbocycles. The number of phenols is 1. The molecule has 57 heavy (non-hydrogen) atoms. The molecule has 2 aliphatic carbocycles. The standard InChI is InChI=1S/C45H32BrClFN3O6/c46-27-10-21-37(52)35(22-27)39-32-19-20-33-38(43(56)50(41(33)54)31-17-6-25(7-18-31)40(53)24-4-2-1-3-5-24)34(32)23-36-42(55)51(49-30-15-13-29(48)14-16-30)44(57)45(36,39)26-8-11-28(47)12-9-26/h1-19,21-22,33-34,36,38-39,49,52H,20,23H2. The number of allylic oxidation sites excluding steroid dienone is 2. The van der Waals surface area contributed by atoms with Crippen LogP contribution in [0.25, 0.3) is 0 Å². The second kappa shape index (κ2) is 13.9. The lowest BCUT2D eigenvalue weighted by Crippen LogP contribution is -2.53. The molecule has 9 nitrogen and oxygen atoms in total. The highest BCUT2D eigenvalue weighted by molar-refractivity contribution is 9.10. The fourth-order valence-corrected chi connectivity index (χ4v) is 10.0. The molecule has 0 bridgehead atoms. The summed E-state index contributed by atoms with van der Waals surface area (Å²) in [5.41, 5.74) is 4.29. The summed E-state index contributed by atoms with van der Waals surface area (Å²) in [5.74, 6) is -7.21. The molecule has 0 radical (unpaired) electrons. The van der Waals surface area contributed by atoms with E-state index in [0.29, 0.717) is 48.7 Å². The Hall–Kier alpha value is -5.91. The van der Waals surface area contributed by atoms with E-state index in [2.05, 4.69) is 21.4 Å². The first-order chi connectivity index (χ1) is 27.5. The van der Waals surface area contributed by atoms with Gasteiger partial charge in [-0.15, -0.1) is 0 Å². The van der Waals surface area contributed by atoms with Gasteiger partial charge in [-0.05, 0) is 103 Å². The van der Waals surface area contributed by atoms with Crippen LogP contribution in [0.3, 0.4) is 0 Å². The highest BCUT2D eigenvalue weighted by atomic mass is 79.9. The maximum absolute atomic E-state index is 15.3. The van der Waals surface area contributed by atoms with E-state index in [0.717, 1.165) is 5.01 Å². The molecule has 9 rings (SSSR count). The maximum Gasteiger partial charge on any atom is 0.260 e. The Morgan fingerprint density at radius 1 is 0.807 bits per heavy atom. The van der Waals surface area contributed by atoms with Gasteiger partial charge in [0, 0.05) is 32.1 Å². The van der Waals surface area contributed by atoms with Gasteiger partial charge in [0.2, 0.25) is 11.8 Å². The third-order valence-corrected chi connectivity index (χ3v) is 12.7. The molecule has 0 spiro atoms. The number of anilines is 2. The van der Waals surface area contributed by atoms with Gasteiger partial charge in [0.1, 0.15) is 11.6 Å². The molecule has 284 valence electrons. The molecule has 5 aromatic carbocycles. The van der Waals surface area contributed by atoms with Crippen LogP contribution in [0.4, 0.5) is 15.8 Å². The van der Waals surface area contributed by atoms with Crippen molar-refractivity contribution in [2.75, 3.05) is 10.3 Å². The van der Waals surface area contributed by atoms with E-state index in [4.69, 9.17) is 11.6 Å². The number of hydrogen-bond acceptors (Lipinski definition) is 7. The van der Waals surface area contributed by atoms with Gasteiger partial charge in [-0.25, -0.2) is 4.39 Å². The average Bonchev–Trinajstić information content (AvgIpc) is 3.60. The minimum Gasteiger partial charge on any atom is -0.508 e. The first-order valence-electron chi connectivity index (χ1n) is 18.4. The largest absolute Gasteiger partial charge is 0.508 e. The molecule has 2 aliphatic heterocycles. The molecule has 12 heteroatoms. The number of fused-ring (bicyclic) bond motifs is 4. The summed E-state index contributed by atoms with van der Waals surface area (Å²) in [6.07, 6.45) is 2.10. The number of hydrazine groups is 1. The van der Waals surface area contributed by atoms with Crippen LogP contribution in [0.1, 0.15) is 45.8 Å². The number of aromatic hydroxyl groups is 1. The molecular formula is C45H32BrClFN3O6. The quantitative estimate of drug-likeness (QED) is 0.0959. The number of rotatable bonds is 7. The fourth-order valence-electron chi connectivity index (χ4n) is 9.53. The number of halogens is 3. The van der Waals surface area contributed by atoms with E-state index in [9.17, 15) is 28.7 Å². The summed E-state index contributed by atoms with van der Waals surface area (Å²) in [4.78, 5) is 73.4. The van der Waals surface area contributed by atoms with Crippen molar-refractivity contribution in [1.82, 2.24) is 5.01 Å². The Morgan fingerprint density at radius 3 is 2.19 bits per heavy atom. The molecular weight excluding hydrogens is 813 g/mol. The number of phenolic OH excluding ortho intramolecular Hbond substituents is 1. The number of amides is 4. The summed E-state index contributed by atoms with van der Waals surface area (Å²) in [5, 5.41) is 13.0. The number of carbonyl (C=O) groups excluding carboxylic acids is 5. The van der Waals surface area contributed by atoms with Crippen LogP contribution in [0.15, 0.2) is 137 Å². The predicted octanol–water partition coefficient (Wildman–Crippen LogP) is 8.37. The Bertz CT molecular complexity index is 2530. The third-order valence-electron chi connectivity index (χ3n) is 12.0. The van der Waals surface area contributed by atoms with Crippen LogP contribution >= 0.6 is 27.5 Å². The van der Waals surface area contributed by atoms with Crippen molar-refractivity contribution in [1.29, 1.82) is 0 Å². The van der Waals surface area contributed by atoms with Crippen LogP contribution in [-0.4, -0.2) is 39.5 Å². The van der Waals surface area contributed by atoms with Crippen molar-refractivity contribution >= 4 is 68.3 Å². The van der Waals surface area contributed by atoms with Crippen LogP contribution in [0, 0.1) is 29.5 Å². The molecule has 2 saturated heterocycles. The van der Waals surface area contributed by atoms with E-state index in [-0.39, 0.29) is 24.4 Å². The van der Waals surface area contributed by atoms with Gasteiger partial charge in [0.05, 0.1) is 34.5 Å². The number of imide groups is 2. The summed E-state index contributed by atoms with van der Waals surface area (Å²) >= 11 is 9.91. The number of benzene rings is 5. The van der Waals surface area contributed by atoms with Crippen molar-refractivity contribution in [3.8, 4) is 5.75 Å². The van der Waals surface area contributed by atoms with E-state index in [1.807, 2.05) is 12.1 Å². The lowest BCUT2D eigenvalue weighted by Gasteiger charge is -2.50. The van der Waals surface area contributed by atoms with Gasteiger partial charge in [-0.2, -0.15) is 5.01 Å². The first kappa shape index (κ1) is 36.7. The first-order valence-corrected chi connectivity index (χ1v) is 19.6. The zero-order chi connectivity index (χ0) is 39.7. The molecule has 6 atom stereocenters. The fraction of sp³-hybridized carbons (Fsp3) is 0.178. The summed E-state index contributed by atoms with van der Waals surface area (Å²) in [7, 11) is 0. The SMILES string of the molecule is O=C(c1ccccc1)c1ccc(N2C(=O)C3CC=C4C(CC5C(=O)N(Nc6ccc(F)cc6)C(=O)C5(c5ccc(Cl)cc5)C4c4cc(Br)ccc4O)C3C2=O)cc1. The molecule has 6 unspecified atom stereocenters. The molecule has 4 amide bonds. The van der Waals surface area contributed by atoms with Crippen molar-refractivity contribution in [3.05, 3.63) is 171 Å². The number of nitrogens with one attached hydrogen (secondary N) is 1. The Labute approximate surface area is 339 Å². The molecule has 5 aromatic rings. The number of hydrogen-bond donors (Lipinski definition) is 2. The Morgan fingerprint density at radius 2 is 1.49 bits per heavy atom. The average molecular weight is 845 g/mol. The lowest BCUT2D eigenvalue weighted by atomic mass is 9.49. The van der Waals surface area contributed by atoms with Crippen LogP contribution < -0.4 is 10.3 Å². The topological polar surface area (TPSA) is 124 Å². The number of ketones is 1. The van der Waals surface area contributed by atoms with Gasteiger partial charge in [-0.1, -0.05) is 81.6 Å². The molecule has 4 aliphatic rings. The summed E-state index contributed by atoms with van der Waals surface area (Å²) in [6, 6.07) is 32.0. The Kier molecular flexibility index (Phi) is 8.97. The van der Waals surface area contributed by atoms with Crippen molar-refractivity contribution in [2.24, 2.45) is 23.7 Å². The van der Waals surface area contributed by atoms with Gasteiger partial charge in [0.25, 0.3) is 11.8 Å². The lowest BCUT2D eigenvalue weighted by molar-refractivity contribution is -0.138. The summed E-state index contributed by atoms with van der Waals surface area (Å²) < 4.78 is 14.5. The zero-order valence-corrected chi connectivity index (χ0v) is 32.3. The van der Waals surface area contributed by atoms with Crippen LogP contribution in [0.5, 0.6) is 5.75 Å². The minimum atomic E-state index is -1.64. The van der Waals surface area contributed by atoms with Gasteiger partial charge in [-0.3, -0.25) is 34.3 Å². The molecule has 2 N–H and O–H groups in total. The van der Waals surface area contributed by atoms with Crippen molar-refractivity contribution < 1.29 is 33.5 Å². The van der Waals surface area contributed by atoms with Gasteiger partial charge < -0.3 is 5.11 Å². The van der Waals surface area contributed by atoms with E-state index < -0.39 is 64.5 Å². The number of nitrogens with zero attached hydrogens (tertiary/aromatic N) is 2. The highest BCUT2D eigenvalue weighted by Crippen LogP contribution is 2.65. The van der Waals surface area contributed by atoms with E-state index >= 15 is 4.79 Å². The number of carbonyl (C=O) groups is 5. The van der Waals surface area contributed by atoms with Crippen molar-refractivity contribution in [2.45, 2.75) is 24.2 Å². The monoisotopic (exact) mass is 843 g/mol. The highest BCUT2D eigenvalue weighted by Gasteiger charge is 2.70. The molecule has 2 heterocycles. The summed E-state index contributed by atoms with van der Waals surface area (Å²) in [6.45, 7) is 0. The maximum atomic E-state index is 15.3. The normalized spacial score (nSPS) is 25.2. The van der Waals surface area contributed by atoms with Crippen molar-refractivity contribution in [3.63, 3.8) is 0 Å². The van der Waals surface area contributed by atoms with Gasteiger partial charge >= 0.3 is 0 Å². The predicted molar refractivity (Wildman–Crippen MR) is 214 cm³/mol. The molecule has 0 aromatic heterocycles. The van der Waals surface area contributed by atoms with Crippen LogP contribution in [-0.2, 0) is 24.6 Å². The second-order valence-electron chi connectivity index (χ2n) is 14.8. The Balaban J connectivity index is 1.16. The smallest absolute Gasteiger partial charge is 0.260 e. The second-order valence-corrected chi connectivity index (χ2v) is 16.2. The third kappa shape index (κ3) is 5.74. The van der Waals surface area contributed by atoms with Crippen LogP contribution in [0.2, 0.25) is 5.02 Å². The minimum absolute atomic E-state index is 0.0322. The zero-order valence-electron chi connectivity index (χ0n) is 29.9. The van der Waals surface area contributed by atoms with Gasteiger partial charge in [0.15, 0.2) is 5.78 Å². The van der Waals surface area contributed by atoms with E-state index in [1.165, 1.54) is 35.2 Å². The van der Waals surface area contributed by atoms with E-state index in [1.54, 1.807) is 84.9 Å².